The van der Waals surface area contributed by atoms with Crippen LogP contribution in [0.3, 0.4) is 0 Å². The number of tetrazole rings is 1. The van der Waals surface area contributed by atoms with Crippen molar-refractivity contribution >= 4 is 11.6 Å². The smallest absolute Gasteiger partial charge is 0.254 e. The number of carbonyl (C=O) groups is 1. The number of hydrogen-bond donors (Lipinski definition) is 3. The summed E-state index contributed by atoms with van der Waals surface area (Å²) in [6.45, 7) is -0.0357. The highest BCUT2D eigenvalue weighted by molar-refractivity contribution is 5.95. The molecule has 7 nitrogen and oxygen atoms in total. The molecule has 4 N–H and O–H groups in total. The predicted molar refractivity (Wildman–Crippen MR) is 56.1 cm³/mol. The molecule has 0 saturated heterocycles. The van der Waals surface area contributed by atoms with Crippen LogP contribution in [0.25, 0.3) is 0 Å². The van der Waals surface area contributed by atoms with Crippen LogP contribution < -0.4 is 11.1 Å². The van der Waals surface area contributed by atoms with Crippen molar-refractivity contribution in [1.29, 1.82) is 0 Å². The number of carbonyl (C=O) groups excluding carboxylic acids is 1. The van der Waals surface area contributed by atoms with Gasteiger partial charge in [-0.15, -0.1) is 10.2 Å². The van der Waals surface area contributed by atoms with Gasteiger partial charge in [0.15, 0.2) is 5.82 Å². The number of benzene rings is 1. The minimum atomic E-state index is -0.993. The predicted octanol–water partition coefficient (Wildman–Crippen LogP) is -0.00990. The Labute approximate surface area is 99.4 Å². The van der Waals surface area contributed by atoms with E-state index in [0.29, 0.717) is 6.07 Å². The molecule has 2 rings (SSSR count). The van der Waals surface area contributed by atoms with Crippen LogP contribution in [0.2, 0.25) is 0 Å². The Morgan fingerprint density at radius 1 is 1.39 bits per heavy atom. The number of aromatic nitrogens is 4. The van der Waals surface area contributed by atoms with Gasteiger partial charge in [-0.1, -0.05) is 5.21 Å². The highest BCUT2D eigenvalue weighted by Crippen LogP contribution is 2.16. The summed E-state index contributed by atoms with van der Waals surface area (Å²) in [4.78, 5) is 11.6. The van der Waals surface area contributed by atoms with E-state index < -0.39 is 17.5 Å². The minimum Gasteiger partial charge on any atom is -0.396 e. The van der Waals surface area contributed by atoms with Gasteiger partial charge in [0.2, 0.25) is 0 Å². The zero-order chi connectivity index (χ0) is 13.1. The number of nitrogens with zero attached hydrogens (tertiary/aromatic N) is 3. The van der Waals surface area contributed by atoms with E-state index in [-0.39, 0.29) is 23.6 Å². The molecule has 0 atom stereocenters. The number of hydrogen-bond acceptors (Lipinski definition) is 5. The molecule has 0 radical (unpaired) electrons. The Bertz CT molecular complexity index is 571. The molecule has 0 fully saturated rings. The summed E-state index contributed by atoms with van der Waals surface area (Å²) in [5.74, 6) is -2.42. The van der Waals surface area contributed by atoms with Crippen molar-refractivity contribution in [1.82, 2.24) is 25.9 Å². The van der Waals surface area contributed by atoms with E-state index in [0.717, 1.165) is 6.07 Å². The molecule has 0 unspecified atom stereocenters. The first-order valence-corrected chi connectivity index (χ1v) is 4.83. The van der Waals surface area contributed by atoms with Gasteiger partial charge < -0.3 is 11.1 Å². The van der Waals surface area contributed by atoms with E-state index in [9.17, 15) is 13.6 Å². The molecule has 0 aliphatic carbocycles. The van der Waals surface area contributed by atoms with Gasteiger partial charge >= 0.3 is 0 Å². The third-order valence-corrected chi connectivity index (χ3v) is 2.13. The number of rotatable bonds is 3. The van der Waals surface area contributed by atoms with E-state index in [1.54, 1.807) is 0 Å². The Morgan fingerprint density at radius 2 is 2.17 bits per heavy atom. The van der Waals surface area contributed by atoms with Crippen LogP contribution in [0.1, 0.15) is 16.2 Å². The molecular formula is C9H8F2N6O. The van der Waals surface area contributed by atoms with Gasteiger partial charge in [0.1, 0.15) is 11.6 Å². The summed E-state index contributed by atoms with van der Waals surface area (Å²) < 4.78 is 26.2. The minimum absolute atomic E-state index is 0.0357. The van der Waals surface area contributed by atoms with E-state index >= 15 is 0 Å². The summed E-state index contributed by atoms with van der Waals surface area (Å²) in [5, 5.41) is 15.0. The van der Waals surface area contributed by atoms with Crippen molar-refractivity contribution in [3.8, 4) is 0 Å². The molecule has 94 valence electrons. The van der Waals surface area contributed by atoms with Crippen LogP contribution >= 0.6 is 0 Å². The first-order valence-electron chi connectivity index (χ1n) is 4.83. The van der Waals surface area contributed by atoms with Crippen molar-refractivity contribution in [2.45, 2.75) is 6.54 Å². The maximum atomic E-state index is 13.3. The second-order valence-electron chi connectivity index (χ2n) is 3.36. The van der Waals surface area contributed by atoms with E-state index in [1.807, 2.05) is 0 Å². The first kappa shape index (κ1) is 11.9. The second-order valence-corrected chi connectivity index (χ2v) is 3.36. The van der Waals surface area contributed by atoms with Gasteiger partial charge in [-0.2, -0.15) is 5.21 Å². The van der Waals surface area contributed by atoms with E-state index in [2.05, 4.69) is 25.9 Å². The van der Waals surface area contributed by atoms with Crippen LogP contribution in [0, 0.1) is 11.6 Å². The van der Waals surface area contributed by atoms with Crippen molar-refractivity contribution in [3.05, 3.63) is 35.2 Å². The summed E-state index contributed by atoms with van der Waals surface area (Å²) >= 11 is 0. The summed E-state index contributed by atoms with van der Waals surface area (Å²) in [6.07, 6.45) is 0. The van der Waals surface area contributed by atoms with Crippen molar-refractivity contribution in [3.63, 3.8) is 0 Å². The summed E-state index contributed by atoms with van der Waals surface area (Å²) in [5.41, 5.74) is 4.60. The van der Waals surface area contributed by atoms with Crippen LogP contribution in [0.15, 0.2) is 12.1 Å². The number of aromatic amines is 1. The fourth-order valence-corrected chi connectivity index (χ4v) is 1.25. The molecule has 1 aromatic heterocycles. The molecule has 1 aromatic carbocycles. The van der Waals surface area contributed by atoms with Crippen molar-refractivity contribution < 1.29 is 13.6 Å². The SMILES string of the molecule is Nc1cc(C(=O)NCc2nn[nH]n2)c(F)cc1F. The third-order valence-electron chi connectivity index (χ3n) is 2.13. The quantitative estimate of drug-likeness (QED) is 0.667. The maximum absolute atomic E-state index is 13.3. The van der Waals surface area contributed by atoms with Gasteiger partial charge in [0, 0.05) is 6.07 Å². The zero-order valence-electron chi connectivity index (χ0n) is 8.94. The van der Waals surface area contributed by atoms with Gasteiger partial charge in [-0.25, -0.2) is 8.78 Å². The number of H-pyrrole nitrogens is 1. The number of nitrogen functional groups attached to an aromatic ring is 1. The molecular weight excluding hydrogens is 246 g/mol. The van der Waals surface area contributed by atoms with Crippen LogP contribution in [0.4, 0.5) is 14.5 Å². The molecule has 9 heteroatoms. The van der Waals surface area contributed by atoms with Crippen LogP contribution in [-0.2, 0) is 6.54 Å². The fourth-order valence-electron chi connectivity index (χ4n) is 1.25. The lowest BCUT2D eigenvalue weighted by Crippen LogP contribution is -2.24. The first-order chi connectivity index (χ1) is 8.58. The Morgan fingerprint density at radius 3 is 2.83 bits per heavy atom. The van der Waals surface area contributed by atoms with Gasteiger partial charge in [0.25, 0.3) is 5.91 Å². The summed E-state index contributed by atoms with van der Waals surface area (Å²) in [6, 6.07) is 1.48. The second kappa shape index (κ2) is 4.73. The average Bonchev–Trinajstić information content (AvgIpc) is 2.84. The Hall–Kier alpha value is -2.58. The average molecular weight is 254 g/mol. The molecule has 2 aromatic rings. The Balaban J connectivity index is 2.11. The number of anilines is 1. The number of halogens is 2. The lowest BCUT2D eigenvalue weighted by Gasteiger charge is -2.05. The highest BCUT2D eigenvalue weighted by Gasteiger charge is 2.15. The summed E-state index contributed by atoms with van der Waals surface area (Å²) in [7, 11) is 0. The van der Waals surface area contributed by atoms with Crippen LogP contribution in [-0.4, -0.2) is 26.5 Å². The monoisotopic (exact) mass is 254 g/mol. The van der Waals surface area contributed by atoms with Crippen LogP contribution in [0.5, 0.6) is 0 Å². The van der Waals surface area contributed by atoms with E-state index in [4.69, 9.17) is 5.73 Å². The molecule has 0 bridgehead atoms. The van der Waals surface area contributed by atoms with Gasteiger partial charge in [-0.3, -0.25) is 4.79 Å². The van der Waals surface area contributed by atoms with Gasteiger partial charge in [-0.05, 0) is 6.07 Å². The van der Waals surface area contributed by atoms with Crippen molar-refractivity contribution in [2.24, 2.45) is 0 Å². The van der Waals surface area contributed by atoms with Crippen molar-refractivity contribution in [2.75, 3.05) is 5.73 Å². The molecule has 0 aliphatic rings. The largest absolute Gasteiger partial charge is 0.396 e. The number of amides is 1. The third kappa shape index (κ3) is 2.39. The molecule has 0 saturated carbocycles. The molecule has 0 aliphatic heterocycles. The maximum Gasteiger partial charge on any atom is 0.254 e. The normalized spacial score (nSPS) is 10.3. The highest BCUT2D eigenvalue weighted by atomic mass is 19.1. The number of nitrogens with two attached hydrogens (primary N) is 1. The van der Waals surface area contributed by atoms with Gasteiger partial charge in [0.05, 0.1) is 17.8 Å². The zero-order valence-corrected chi connectivity index (χ0v) is 8.94. The molecule has 0 spiro atoms. The van der Waals surface area contributed by atoms with E-state index in [1.165, 1.54) is 0 Å². The number of nitrogens with one attached hydrogen (secondary N) is 2. The standard InChI is InChI=1S/C9H8F2N6O/c10-5-2-6(11)7(12)1-4(5)9(18)13-3-8-14-16-17-15-8/h1-2H,3,12H2,(H,13,18)(H,14,15,16,17). The topological polar surface area (TPSA) is 110 Å². The lowest BCUT2D eigenvalue weighted by molar-refractivity contribution is 0.0946. The Kier molecular flexibility index (Phi) is 3.13. The molecule has 1 heterocycles. The molecule has 1 amide bonds. The molecule has 18 heavy (non-hydrogen) atoms. The fraction of sp³-hybridized carbons (Fsp3) is 0.111. The lowest BCUT2D eigenvalue weighted by atomic mass is 10.1.